The predicted octanol–water partition coefficient (Wildman–Crippen LogP) is 1.92. The molecular weight excluding hydrogens is 286 g/mol. The maximum absolute atomic E-state index is 9.01. The first-order valence-electron chi connectivity index (χ1n) is 8.05. The van der Waals surface area contributed by atoms with Gasteiger partial charge in [-0.25, -0.2) is 9.97 Å². The molecule has 5 heteroatoms. The van der Waals surface area contributed by atoms with E-state index in [9.17, 15) is 0 Å². The minimum Gasteiger partial charge on any atom is -0.340 e. The molecule has 0 saturated carbocycles. The molecule has 5 nitrogen and oxygen atoms in total. The van der Waals surface area contributed by atoms with Crippen molar-refractivity contribution in [2.75, 3.05) is 31.1 Å². The smallest absolute Gasteiger partial charge is 0.225 e. The number of nitriles is 1. The van der Waals surface area contributed by atoms with Crippen LogP contribution >= 0.6 is 0 Å². The van der Waals surface area contributed by atoms with Crippen LogP contribution in [0.2, 0.25) is 0 Å². The SMILES string of the molecule is N#Cc1cccc(CN2C[C@@H]3CN(c4ncccn4)C[C@@H]3C2)c1. The number of benzene rings is 1. The van der Waals surface area contributed by atoms with Crippen LogP contribution in [0.5, 0.6) is 0 Å². The number of fused-ring (bicyclic) bond motifs is 1. The number of hydrogen-bond donors (Lipinski definition) is 0. The van der Waals surface area contributed by atoms with E-state index < -0.39 is 0 Å². The average molecular weight is 305 g/mol. The van der Waals surface area contributed by atoms with Crippen molar-refractivity contribution in [3.05, 3.63) is 53.9 Å². The zero-order valence-electron chi connectivity index (χ0n) is 13.0. The molecule has 3 heterocycles. The van der Waals surface area contributed by atoms with Gasteiger partial charge in [0.2, 0.25) is 5.95 Å². The molecule has 2 fully saturated rings. The lowest BCUT2D eigenvalue weighted by Crippen LogP contribution is -2.29. The van der Waals surface area contributed by atoms with Gasteiger partial charge in [-0.2, -0.15) is 5.26 Å². The zero-order chi connectivity index (χ0) is 15.6. The molecule has 0 aliphatic carbocycles. The molecule has 0 unspecified atom stereocenters. The number of nitrogens with zero attached hydrogens (tertiary/aromatic N) is 5. The van der Waals surface area contributed by atoms with Crippen molar-refractivity contribution in [1.82, 2.24) is 14.9 Å². The Morgan fingerprint density at radius 2 is 1.78 bits per heavy atom. The van der Waals surface area contributed by atoms with E-state index in [0.717, 1.165) is 44.2 Å². The lowest BCUT2D eigenvalue weighted by Gasteiger charge is -2.21. The van der Waals surface area contributed by atoms with Crippen LogP contribution in [0.15, 0.2) is 42.7 Å². The van der Waals surface area contributed by atoms with Gasteiger partial charge < -0.3 is 4.90 Å². The van der Waals surface area contributed by atoms with Crippen molar-refractivity contribution >= 4 is 5.95 Å². The van der Waals surface area contributed by atoms with E-state index in [-0.39, 0.29) is 0 Å². The van der Waals surface area contributed by atoms with Gasteiger partial charge in [0, 0.05) is 45.1 Å². The quantitative estimate of drug-likeness (QED) is 0.867. The molecule has 4 rings (SSSR count). The molecule has 2 saturated heterocycles. The maximum Gasteiger partial charge on any atom is 0.225 e. The standard InChI is InChI=1S/C18H19N5/c19-8-14-3-1-4-15(7-14)9-22-10-16-12-23(13-17(16)11-22)18-20-5-2-6-21-18/h1-7,16-17H,9-13H2/t16-,17+. The fourth-order valence-electron chi connectivity index (χ4n) is 3.83. The number of aromatic nitrogens is 2. The first kappa shape index (κ1) is 14.2. The molecule has 1 aromatic carbocycles. The monoisotopic (exact) mass is 305 g/mol. The zero-order valence-corrected chi connectivity index (χ0v) is 13.0. The summed E-state index contributed by atoms with van der Waals surface area (Å²) in [6.45, 7) is 5.26. The predicted molar refractivity (Wildman–Crippen MR) is 87.7 cm³/mol. The second-order valence-corrected chi connectivity index (χ2v) is 6.48. The van der Waals surface area contributed by atoms with Gasteiger partial charge in [0.1, 0.15) is 0 Å². The third kappa shape index (κ3) is 2.90. The molecule has 0 bridgehead atoms. The number of anilines is 1. The highest BCUT2D eigenvalue weighted by Gasteiger charge is 2.40. The van der Waals surface area contributed by atoms with Crippen LogP contribution in [0.4, 0.5) is 5.95 Å². The highest BCUT2D eigenvalue weighted by atomic mass is 15.3. The van der Waals surface area contributed by atoms with Crippen LogP contribution in [-0.4, -0.2) is 41.0 Å². The molecule has 23 heavy (non-hydrogen) atoms. The topological polar surface area (TPSA) is 56.1 Å². The van der Waals surface area contributed by atoms with Crippen LogP contribution in [0.1, 0.15) is 11.1 Å². The second-order valence-electron chi connectivity index (χ2n) is 6.48. The van der Waals surface area contributed by atoms with Crippen molar-refractivity contribution in [3.8, 4) is 6.07 Å². The van der Waals surface area contributed by atoms with Crippen molar-refractivity contribution in [3.63, 3.8) is 0 Å². The summed E-state index contributed by atoms with van der Waals surface area (Å²) in [5.41, 5.74) is 1.97. The van der Waals surface area contributed by atoms with Crippen LogP contribution in [0, 0.1) is 23.2 Å². The third-order valence-corrected chi connectivity index (χ3v) is 4.86. The molecule has 0 radical (unpaired) electrons. The van der Waals surface area contributed by atoms with Crippen LogP contribution in [-0.2, 0) is 6.54 Å². The van der Waals surface area contributed by atoms with Crippen molar-refractivity contribution in [2.24, 2.45) is 11.8 Å². The molecule has 116 valence electrons. The summed E-state index contributed by atoms with van der Waals surface area (Å²) in [5.74, 6) is 2.24. The molecular formula is C18H19N5. The molecule has 0 N–H and O–H groups in total. The molecule has 2 aromatic rings. The van der Waals surface area contributed by atoms with Gasteiger partial charge in [-0.3, -0.25) is 4.90 Å². The normalized spacial score (nSPS) is 23.7. The van der Waals surface area contributed by atoms with Gasteiger partial charge in [0.25, 0.3) is 0 Å². The summed E-state index contributed by atoms with van der Waals surface area (Å²) in [4.78, 5) is 13.5. The molecule has 2 atom stereocenters. The summed E-state index contributed by atoms with van der Waals surface area (Å²) >= 11 is 0. The number of likely N-dealkylation sites (tertiary alicyclic amines) is 1. The van der Waals surface area contributed by atoms with E-state index in [2.05, 4.69) is 31.9 Å². The Labute approximate surface area is 136 Å². The Morgan fingerprint density at radius 3 is 2.48 bits per heavy atom. The number of hydrogen-bond acceptors (Lipinski definition) is 5. The van der Waals surface area contributed by atoms with Crippen LogP contribution in [0.3, 0.4) is 0 Å². The van der Waals surface area contributed by atoms with E-state index in [1.165, 1.54) is 5.56 Å². The fourth-order valence-corrected chi connectivity index (χ4v) is 3.83. The van der Waals surface area contributed by atoms with E-state index >= 15 is 0 Å². The van der Waals surface area contributed by atoms with Crippen molar-refractivity contribution in [1.29, 1.82) is 5.26 Å². The third-order valence-electron chi connectivity index (χ3n) is 4.86. The Kier molecular flexibility index (Phi) is 3.68. The van der Waals surface area contributed by atoms with Crippen molar-refractivity contribution in [2.45, 2.75) is 6.54 Å². The van der Waals surface area contributed by atoms with Crippen LogP contribution in [0.25, 0.3) is 0 Å². The first-order valence-corrected chi connectivity index (χ1v) is 8.05. The summed E-state index contributed by atoms with van der Waals surface area (Å²) < 4.78 is 0. The fraction of sp³-hybridized carbons (Fsp3) is 0.389. The Balaban J connectivity index is 1.38. The van der Waals surface area contributed by atoms with E-state index in [1.54, 1.807) is 0 Å². The average Bonchev–Trinajstić information content (AvgIpc) is 3.14. The highest BCUT2D eigenvalue weighted by molar-refractivity contribution is 5.33. The Morgan fingerprint density at radius 1 is 1.04 bits per heavy atom. The molecule has 0 amide bonds. The summed E-state index contributed by atoms with van der Waals surface area (Å²) in [6, 6.07) is 12.0. The highest BCUT2D eigenvalue weighted by Crippen LogP contribution is 2.33. The van der Waals surface area contributed by atoms with E-state index in [0.29, 0.717) is 11.8 Å². The van der Waals surface area contributed by atoms with Gasteiger partial charge in [0.05, 0.1) is 11.6 Å². The number of rotatable bonds is 3. The van der Waals surface area contributed by atoms with Gasteiger partial charge in [-0.1, -0.05) is 12.1 Å². The summed E-state index contributed by atoms with van der Waals surface area (Å²) in [6.07, 6.45) is 3.62. The van der Waals surface area contributed by atoms with Gasteiger partial charge >= 0.3 is 0 Å². The van der Waals surface area contributed by atoms with Crippen LogP contribution < -0.4 is 4.90 Å². The summed E-state index contributed by atoms with van der Waals surface area (Å²) in [5, 5.41) is 9.01. The van der Waals surface area contributed by atoms with Gasteiger partial charge in [0.15, 0.2) is 0 Å². The molecule has 2 aliphatic rings. The summed E-state index contributed by atoms with van der Waals surface area (Å²) in [7, 11) is 0. The van der Waals surface area contributed by atoms with Crippen molar-refractivity contribution < 1.29 is 0 Å². The van der Waals surface area contributed by atoms with E-state index in [4.69, 9.17) is 5.26 Å². The largest absolute Gasteiger partial charge is 0.340 e. The minimum atomic E-state index is 0.693. The molecule has 1 aromatic heterocycles. The van der Waals surface area contributed by atoms with Gasteiger partial charge in [-0.05, 0) is 35.6 Å². The maximum atomic E-state index is 9.01. The Hall–Kier alpha value is -2.45. The van der Waals surface area contributed by atoms with E-state index in [1.807, 2.05) is 36.7 Å². The minimum absolute atomic E-state index is 0.693. The lowest BCUT2D eigenvalue weighted by molar-refractivity contribution is 0.308. The van der Waals surface area contributed by atoms with Gasteiger partial charge in [-0.15, -0.1) is 0 Å². The second kappa shape index (κ2) is 5.98. The molecule has 0 spiro atoms. The molecule has 2 aliphatic heterocycles. The first-order chi connectivity index (χ1) is 11.3. The lowest BCUT2D eigenvalue weighted by atomic mass is 10.0. The Bertz CT molecular complexity index is 710.